The first-order valence-corrected chi connectivity index (χ1v) is 7.32. The molecule has 0 saturated heterocycles. The molecule has 2 aromatic rings. The summed E-state index contributed by atoms with van der Waals surface area (Å²) in [5.41, 5.74) is 2.92. The van der Waals surface area contributed by atoms with Gasteiger partial charge >= 0.3 is 6.03 Å². The van der Waals surface area contributed by atoms with Crippen molar-refractivity contribution in [3.63, 3.8) is 0 Å². The Morgan fingerprint density at radius 2 is 1.91 bits per heavy atom. The molecule has 116 valence electrons. The molecule has 0 aliphatic heterocycles. The molecule has 1 N–H and O–H groups in total. The highest BCUT2D eigenvalue weighted by atomic mass is 16.2. The van der Waals surface area contributed by atoms with Crippen molar-refractivity contribution in [1.29, 1.82) is 0 Å². The monoisotopic (exact) mass is 298 g/mol. The Bertz CT molecular complexity index is 615. The van der Waals surface area contributed by atoms with E-state index in [9.17, 15) is 4.79 Å². The quantitative estimate of drug-likeness (QED) is 0.922. The molecule has 2 amide bonds. The van der Waals surface area contributed by atoms with Crippen LogP contribution in [0.1, 0.15) is 12.5 Å². The van der Waals surface area contributed by atoms with Gasteiger partial charge in [-0.1, -0.05) is 6.07 Å². The third-order valence-corrected chi connectivity index (χ3v) is 3.53. The van der Waals surface area contributed by atoms with E-state index in [-0.39, 0.29) is 6.03 Å². The van der Waals surface area contributed by atoms with E-state index in [1.54, 1.807) is 24.3 Å². The van der Waals surface area contributed by atoms with Gasteiger partial charge in [0.25, 0.3) is 0 Å². The van der Waals surface area contributed by atoms with Gasteiger partial charge in [-0.3, -0.25) is 4.98 Å². The van der Waals surface area contributed by atoms with Crippen LogP contribution < -0.4 is 10.2 Å². The Morgan fingerprint density at radius 3 is 2.59 bits per heavy atom. The number of benzene rings is 1. The van der Waals surface area contributed by atoms with Gasteiger partial charge in [-0.05, 0) is 42.8 Å². The number of carbonyl (C=O) groups excluding carboxylic acids is 1. The van der Waals surface area contributed by atoms with Gasteiger partial charge in [0.15, 0.2) is 0 Å². The number of anilines is 2. The molecule has 0 atom stereocenters. The lowest BCUT2D eigenvalue weighted by Crippen LogP contribution is -2.30. The maximum absolute atomic E-state index is 12.3. The molecule has 0 bridgehead atoms. The zero-order valence-electron chi connectivity index (χ0n) is 13.3. The third kappa shape index (κ3) is 4.22. The number of nitrogens with zero attached hydrogens (tertiary/aromatic N) is 3. The minimum Gasteiger partial charge on any atom is -0.375 e. The zero-order valence-corrected chi connectivity index (χ0v) is 13.3. The van der Waals surface area contributed by atoms with E-state index < -0.39 is 0 Å². The first-order valence-electron chi connectivity index (χ1n) is 7.32. The number of hydrogen-bond acceptors (Lipinski definition) is 3. The molecule has 5 nitrogen and oxygen atoms in total. The van der Waals surface area contributed by atoms with Gasteiger partial charge in [0.2, 0.25) is 0 Å². The molecule has 0 unspecified atom stereocenters. The minimum absolute atomic E-state index is 0.131. The van der Waals surface area contributed by atoms with Crippen molar-refractivity contribution in [3.05, 3.63) is 54.4 Å². The van der Waals surface area contributed by atoms with Crippen LogP contribution >= 0.6 is 0 Å². The van der Waals surface area contributed by atoms with Crippen molar-refractivity contribution in [2.45, 2.75) is 13.5 Å². The lowest BCUT2D eigenvalue weighted by molar-refractivity contribution is 0.220. The average Bonchev–Trinajstić information content (AvgIpc) is 2.55. The first kappa shape index (κ1) is 15.8. The van der Waals surface area contributed by atoms with Gasteiger partial charge in [-0.15, -0.1) is 0 Å². The summed E-state index contributed by atoms with van der Waals surface area (Å²) in [6.07, 6.45) is 3.45. The number of hydrogen-bond donors (Lipinski definition) is 1. The Hall–Kier alpha value is -2.56. The van der Waals surface area contributed by atoms with Gasteiger partial charge in [0, 0.05) is 51.0 Å². The van der Waals surface area contributed by atoms with Gasteiger partial charge in [0.05, 0.1) is 0 Å². The van der Waals surface area contributed by atoms with Crippen LogP contribution in [0.3, 0.4) is 0 Å². The van der Waals surface area contributed by atoms with Crippen molar-refractivity contribution < 1.29 is 4.79 Å². The molecule has 22 heavy (non-hydrogen) atoms. The highest BCUT2D eigenvalue weighted by Crippen LogP contribution is 2.18. The van der Waals surface area contributed by atoms with Gasteiger partial charge in [0.1, 0.15) is 0 Å². The van der Waals surface area contributed by atoms with E-state index in [0.717, 1.165) is 23.5 Å². The first-order chi connectivity index (χ1) is 10.6. The van der Waals surface area contributed by atoms with Crippen LogP contribution in [0.5, 0.6) is 0 Å². The summed E-state index contributed by atoms with van der Waals surface area (Å²) in [7, 11) is 3.80. The number of aromatic nitrogens is 1. The van der Waals surface area contributed by atoms with Gasteiger partial charge in [-0.2, -0.15) is 0 Å². The maximum Gasteiger partial charge on any atom is 0.321 e. The van der Waals surface area contributed by atoms with E-state index in [0.29, 0.717) is 6.54 Å². The van der Waals surface area contributed by atoms with Crippen LogP contribution in [0, 0.1) is 0 Å². The molecule has 2 rings (SSSR count). The molecule has 0 spiro atoms. The van der Waals surface area contributed by atoms with Crippen LogP contribution in [0.4, 0.5) is 16.2 Å². The normalized spacial score (nSPS) is 10.1. The van der Waals surface area contributed by atoms with Crippen molar-refractivity contribution in [2.24, 2.45) is 0 Å². The molecule has 1 aromatic carbocycles. The maximum atomic E-state index is 12.3. The van der Waals surface area contributed by atoms with E-state index in [1.165, 1.54) is 0 Å². The van der Waals surface area contributed by atoms with E-state index in [4.69, 9.17) is 0 Å². The number of amides is 2. The fraction of sp³-hybridized carbons (Fsp3) is 0.294. The van der Waals surface area contributed by atoms with Gasteiger partial charge in [-0.25, -0.2) is 4.79 Å². The summed E-state index contributed by atoms with van der Waals surface area (Å²) in [6.45, 7) is 3.55. The number of pyridine rings is 1. The molecule has 0 aliphatic rings. The molecular weight excluding hydrogens is 276 g/mol. The van der Waals surface area contributed by atoms with E-state index in [1.807, 2.05) is 43.4 Å². The number of carbonyl (C=O) groups is 1. The lowest BCUT2D eigenvalue weighted by atomic mass is 10.2. The topological polar surface area (TPSA) is 48.5 Å². The molecule has 1 heterocycles. The standard InChI is InChI=1S/C17H22N4O/c1-4-20(2)16-7-5-6-15(12-16)19-17(22)21(3)13-14-8-10-18-11-9-14/h5-12H,4,13H2,1-3H3,(H,19,22). The SMILES string of the molecule is CCN(C)c1cccc(NC(=O)N(C)Cc2ccncc2)c1. The summed E-state index contributed by atoms with van der Waals surface area (Å²) in [4.78, 5) is 20.0. The average molecular weight is 298 g/mol. The predicted molar refractivity (Wildman–Crippen MR) is 90.1 cm³/mol. The summed E-state index contributed by atoms with van der Waals surface area (Å²) >= 11 is 0. The molecule has 0 saturated carbocycles. The Kier molecular flexibility index (Phi) is 5.36. The van der Waals surface area contributed by atoms with Crippen molar-refractivity contribution >= 4 is 17.4 Å². The van der Waals surface area contributed by atoms with Crippen LogP contribution in [0.15, 0.2) is 48.8 Å². The zero-order chi connectivity index (χ0) is 15.9. The third-order valence-electron chi connectivity index (χ3n) is 3.53. The highest BCUT2D eigenvalue weighted by Gasteiger charge is 2.10. The molecule has 0 fully saturated rings. The minimum atomic E-state index is -0.131. The van der Waals surface area contributed by atoms with Crippen LogP contribution in [-0.4, -0.2) is 36.6 Å². The summed E-state index contributed by atoms with van der Waals surface area (Å²) in [5, 5.41) is 2.93. The number of nitrogens with one attached hydrogen (secondary N) is 1. The second-order valence-electron chi connectivity index (χ2n) is 5.21. The number of urea groups is 1. The van der Waals surface area contributed by atoms with Gasteiger partial charge < -0.3 is 15.1 Å². The Balaban J connectivity index is 1.99. The van der Waals surface area contributed by atoms with E-state index in [2.05, 4.69) is 22.1 Å². The molecule has 0 radical (unpaired) electrons. The Morgan fingerprint density at radius 1 is 1.18 bits per heavy atom. The van der Waals surface area contributed by atoms with Crippen molar-refractivity contribution in [2.75, 3.05) is 30.9 Å². The summed E-state index contributed by atoms with van der Waals surface area (Å²) in [5.74, 6) is 0. The van der Waals surface area contributed by atoms with Crippen molar-refractivity contribution in [3.8, 4) is 0 Å². The second kappa shape index (κ2) is 7.45. The summed E-state index contributed by atoms with van der Waals surface area (Å²) in [6, 6.07) is 11.5. The number of rotatable bonds is 5. The van der Waals surface area contributed by atoms with Crippen LogP contribution in [-0.2, 0) is 6.54 Å². The smallest absolute Gasteiger partial charge is 0.321 e. The molecule has 0 aliphatic carbocycles. The van der Waals surface area contributed by atoms with Crippen LogP contribution in [0.2, 0.25) is 0 Å². The largest absolute Gasteiger partial charge is 0.375 e. The van der Waals surface area contributed by atoms with Crippen molar-refractivity contribution in [1.82, 2.24) is 9.88 Å². The Labute approximate surface area is 131 Å². The molecular formula is C17H22N4O. The highest BCUT2D eigenvalue weighted by molar-refractivity contribution is 5.89. The predicted octanol–water partition coefficient (Wildman–Crippen LogP) is 3.20. The molecule has 5 heteroatoms. The van der Waals surface area contributed by atoms with E-state index >= 15 is 0 Å². The fourth-order valence-electron chi connectivity index (χ4n) is 2.06. The summed E-state index contributed by atoms with van der Waals surface area (Å²) < 4.78 is 0. The lowest BCUT2D eigenvalue weighted by Gasteiger charge is -2.20. The second-order valence-corrected chi connectivity index (χ2v) is 5.21. The van der Waals surface area contributed by atoms with Crippen LogP contribution in [0.25, 0.3) is 0 Å². The molecule has 1 aromatic heterocycles. The fourth-order valence-corrected chi connectivity index (χ4v) is 2.06.